The highest BCUT2D eigenvalue weighted by Gasteiger charge is 2.34. The van der Waals surface area contributed by atoms with Gasteiger partial charge in [0.2, 0.25) is 5.91 Å². The number of hydrogen-bond acceptors (Lipinski definition) is 1. The molecule has 19 heavy (non-hydrogen) atoms. The number of anilines is 1. The van der Waals surface area contributed by atoms with Crippen LogP contribution >= 0.6 is 11.6 Å². The van der Waals surface area contributed by atoms with E-state index >= 15 is 0 Å². The minimum atomic E-state index is -0.0975. The highest BCUT2D eigenvalue weighted by Crippen LogP contribution is 2.38. The van der Waals surface area contributed by atoms with E-state index in [1.807, 2.05) is 55.6 Å². The summed E-state index contributed by atoms with van der Waals surface area (Å²) in [6, 6.07) is 15.7. The van der Waals surface area contributed by atoms with E-state index in [-0.39, 0.29) is 11.8 Å². The fourth-order valence-corrected chi connectivity index (χ4v) is 2.88. The number of benzene rings is 2. The first-order valence-corrected chi connectivity index (χ1v) is 6.65. The van der Waals surface area contributed by atoms with Crippen molar-refractivity contribution < 1.29 is 4.79 Å². The third-order valence-electron chi connectivity index (χ3n) is 3.63. The SMILES string of the molecule is CN1C(=O)[C@H](Cc2cccc(Cl)c2)c2ccccc21. The molecule has 3 heteroatoms. The normalized spacial score (nSPS) is 17.7. The van der Waals surface area contributed by atoms with Crippen molar-refractivity contribution in [3.63, 3.8) is 0 Å². The molecule has 2 aromatic carbocycles. The zero-order chi connectivity index (χ0) is 13.4. The number of halogens is 1. The van der Waals surface area contributed by atoms with Crippen LogP contribution in [0.25, 0.3) is 0 Å². The average molecular weight is 272 g/mol. The van der Waals surface area contributed by atoms with Crippen LogP contribution in [0, 0.1) is 0 Å². The number of hydrogen-bond donors (Lipinski definition) is 0. The molecule has 0 aliphatic carbocycles. The number of nitrogens with zero attached hydrogens (tertiary/aromatic N) is 1. The predicted molar refractivity (Wildman–Crippen MR) is 77.7 cm³/mol. The second-order valence-corrected chi connectivity index (χ2v) is 5.28. The van der Waals surface area contributed by atoms with Crippen LogP contribution in [0.1, 0.15) is 17.0 Å². The van der Waals surface area contributed by atoms with Crippen LogP contribution in [0.3, 0.4) is 0 Å². The maximum Gasteiger partial charge on any atom is 0.234 e. The number of para-hydroxylation sites is 1. The smallest absolute Gasteiger partial charge is 0.234 e. The van der Waals surface area contributed by atoms with Crippen LogP contribution in [0.2, 0.25) is 5.02 Å². The second-order valence-electron chi connectivity index (χ2n) is 4.84. The summed E-state index contributed by atoms with van der Waals surface area (Å²) in [5, 5.41) is 0.713. The number of fused-ring (bicyclic) bond motifs is 1. The molecule has 1 amide bonds. The summed E-state index contributed by atoms with van der Waals surface area (Å²) in [6.45, 7) is 0. The molecule has 1 atom stereocenters. The Morgan fingerprint density at radius 1 is 1.16 bits per heavy atom. The van der Waals surface area contributed by atoms with E-state index in [0.29, 0.717) is 11.4 Å². The summed E-state index contributed by atoms with van der Waals surface area (Å²) in [6.07, 6.45) is 0.695. The van der Waals surface area contributed by atoms with Gasteiger partial charge in [0.15, 0.2) is 0 Å². The maximum atomic E-state index is 12.3. The van der Waals surface area contributed by atoms with Gasteiger partial charge in [-0.15, -0.1) is 0 Å². The van der Waals surface area contributed by atoms with Crippen molar-refractivity contribution in [3.8, 4) is 0 Å². The van der Waals surface area contributed by atoms with Gasteiger partial charge < -0.3 is 4.90 Å². The molecule has 0 saturated carbocycles. The lowest BCUT2D eigenvalue weighted by molar-refractivity contribution is -0.119. The van der Waals surface area contributed by atoms with Gasteiger partial charge in [0, 0.05) is 17.8 Å². The Balaban J connectivity index is 1.95. The molecule has 0 bridgehead atoms. The third kappa shape index (κ3) is 2.13. The number of likely N-dealkylation sites (N-methyl/N-ethyl adjacent to an activating group) is 1. The Labute approximate surface area is 117 Å². The van der Waals surface area contributed by atoms with Gasteiger partial charge in [-0.1, -0.05) is 41.9 Å². The van der Waals surface area contributed by atoms with Crippen LogP contribution in [-0.2, 0) is 11.2 Å². The molecule has 0 N–H and O–H groups in total. The average Bonchev–Trinajstić information content (AvgIpc) is 2.65. The summed E-state index contributed by atoms with van der Waals surface area (Å²) < 4.78 is 0. The molecule has 0 fully saturated rings. The highest BCUT2D eigenvalue weighted by molar-refractivity contribution is 6.30. The van der Waals surface area contributed by atoms with Crippen molar-refractivity contribution in [2.45, 2.75) is 12.3 Å². The van der Waals surface area contributed by atoms with Crippen LogP contribution in [-0.4, -0.2) is 13.0 Å². The lowest BCUT2D eigenvalue weighted by Gasteiger charge is -2.11. The van der Waals surface area contributed by atoms with Gasteiger partial charge in [0.1, 0.15) is 0 Å². The van der Waals surface area contributed by atoms with E-state index in [1.165, 1.54) is 0 Å². The second kappa shape index (κ2) is 4.71. The Hall–Kier alpha value is -1.80. The fraction of sp³-hybridized carbons (Fsp3) is 0.188. The van der Waals surface area contributed by atoms with E-state index in [4.69, 9.17) is 11.6 Å². The van der Waals surface area contributed by atoms with Gasteiger partial charge >= 0.3 is 0 Å². The highest BCUT2D eigenvalue weighted by atomic mass is 35.5. The van der Waals surface area contributed by atoms with Crippen molar-refractivity contribution >= 4 is 23.2 Å². The standard InChI is InChI=1S/C16H14ClNO/c1-18-15-8-3-2-7-13(15)14(16(18)19)10-11-5-4-6-12(17)9-11/h2-9,14H,10H2,1H3/t14-/m1/s1. The lowest BCUT2D eigenvalue weighted by atomic mass is 9.93. The van der Waals surface area contributed by atoms with Gasteiger partial charge in [0.25, 0.3) is 0 Å². The summed E-state index contributed by atoms with van der Waals surface area (Å²) in [5.74, 6) is 0.0563. The van der Waals surface area contributed by atoms with Gasteiger partial charge in [-0.25, -0.2) is 0 Å². The number of carbonyl (C=O) groups is 1. The zero-order valence-electron chi connectivity index (χ0n) is 10.6. The Kier molecular flexibility index (Phi) is 3.03. The monoisotopic (exact) mass is 271 g/mol. The molecule has 96 valence electrons. The summed E-state index contributed by atoms with van der Waals surface area (Å²) in [7, 11) is 1.83. The van der Waals surface area contributed by atoms with Crippen molar-refractivity contribution in [2.24, 2.45) is 0 Å². The summed E-state index contributed by atoms with van der Waals surface area (Å²) >= 11 is 6.00. The van der Waals surface area contributed by atoms with Crippen molar-refractivity contribution in [1.82, 2.24) is 0 Å². The number of carbonyl (C=O) groups excluding carboxylic acids is 1. The van der Waals surface area contributed by atoms with E-state index in [2.05, 4.69) is 0 Å². The molecule has 1 aliphatic heterocycles. The zero-order valence-corrected chi connectivity index (χ0v) is 11.4. The molecule has 1 heterocycles. The molecule has 0 radical (unpaired) electrons. The van der Waals surface area contributed by atoms with Crippen molar-refractivity contribution in [1.29, 1.82) is 0 Å². The largest absolute Gasteiger partial charge is 0.315 e. The maximum absolute atomic E-state index is 12.3. The molecular weight excluding hydrogens is 258 g/mol. The Morgan fingerprint density at radius 2 is 1.95 bits per heavy atom. The van der Waals surface area contributed by atoms with Crippen LogP contribution in [0.4, 0.5) is 5.69 Å². The van der Waals surface area contributed by atoms with Crippen molar-refractivity contribution in [3.05, 3.63) is 64.7 Å². The molecule has 1 aliphatic rings. The molecule has 0 unspecified atom stereocenters. The molecule has 0 aromatic heterocycles. The fourth-order valence-electron chi connectivity index (χ4n) is 2.67. The first-order valence-electron chi connectivity index (χ1n) is 6.28. The quantitative estimate of drug-likeness (QED) is 0.817. The Bertz CT molecular complexity index is 638. The van der Waals surface area contributed by atoms with E-state index < -0.39 is 0 Å². The summed E-state index contributed by atoms with van der Waals surface area (Å²) in [4.78, 5) is 14.1. The topological polar surface area (TPSA) is 20.3 Å². The molecule has 0 saturated heterocycles. The minimum Gasteiger partial charge on any atom is -0.315 e. The van der Waals surface area contributed by atoms with Gasteiger partial charge in [-0.05, 0) is 35.7 Å². The number of rotatable bonds is 2. The molecule has 2 aromatic rings. The summed E-state index contributed by atoms with van der Waals surface area (Å²) in [5.41, 5.74) is 3.21. The van der Waals surface area contributed by atoms with E-state index in [9.17, 15) is 4.79 Å². The van der Waals surface area contributed by atoms with Gasteiger partial charge in [-0.2, -0.15) is 0 Å². The Morgan fingerprint density at radius 3 is 2.74 bits per heavy atom. The van der Waals surface area contributed by atoms with Gasteiger partial charge in [0.05, 0.1) is 5.92 Å². The van der Waals surface area contributed by atoms with Gasteiger partial charge in [-0.3, -0.25) is 4.79 Å². The molecule has 3 rings (SSSR count). The van der Waals surface area contributed by atoms with Crippen LogP contribution in [0.15, 0.2) is 48.5 Å². The van der Waals surface area contributed by atoms with E-state index in [0.717, 1.165) is 16.8 Å². The first kappa shape index (κ1) is 12.2. The molecule has 2 nitrogen and oxygen atoms in total. The molecular formula is C16H14ClNO. The van der Waals surface area contributed by atoms with Crippen molar-refractivity contribution in [2.75, 3.05) is 11.9 Å². The number of amides is 1. The third-order valence-corrected chi connectivity index (χ3v) is 3.87. The van der Waals surface area contributed by atoms with E-state index in [1.54, 1.807) is 4.90 Å². The van der Waals surface area contributed by atoms with Crippen LogP contribution < -0.4 is 4.90 Å². The minimum absolute atomic E-state index is 0.0975. The molecule has 0 spiro atoms. The lowest BCUT2D eigenvalue weighted by Crippen LogP contribution is -2.24. The first-order chi connectivity index (χ1) is 9.16. The van der Waals surface area contributed by atoms with Crippen LogP contribution in [0.5, 0.6) is 0 Å². The predicted octanol–water partition coefficient (Wildman–Crippen LogP) is 3.64.